The van der Waals surface area contributed by atoms with E-state index in [2.05, 4.69) is 41.3 Å². The topological polar surface area (TPSA) is 85.5 Å². The number of carbonyl (C=O) groups excluding carboxylic acids is 1. The van der Waals surface area contributed by atoms with Crippen LogP contribution in [0.4, 0.5) is 21.1 Å². The van der Waals surface area contributed by atoms with E-state index in [9.17, 15) is 14.0 Å². The van der Waals surface area contributed by atoms with Crippen molar-refractivity contribution in [1.82, 2.24) is 19.1 Å². The maximum Gasteiger partial charge on any atom is 0.424 e. The Bertz CT molecular complexity index is 1650. The summed E-state index contributed by atoms with van der Waals surface area (Å²) in [5, 5.41) is 0. The number of halogens is 1. The summed E-state index contributed by atoms with van der Waals surface area (Å²) in [6, 6.07) is 15.9. The Balaban J connectivity index is 1.34. The number of anilines is 2. The van der Waals surface area contributed by atoms with Crippen LogP contribution in [0, 0.1) is 11.2 Å². The fourth-order valence-electron chi connectivity index (χ4n) is 6.26. The van der Waals surface area contributed by atoms with Gasteiger partial charge in [-0.15, -0.1) is 0 Å². The lowest BCUT2D eigenvalue weighted by Gasteiger charge is -2.38. The molecule has 1 aliphatic heterocycles. The number of fused-ring (bicyclic) bond motifs is 1. The largest absolute Gasteiger partial charge is 0.443 e. The zero-order chi connectivity index (χ0) is 30.9. The normalized spacial score (nSPS) is 14.7. The third-order valence-corrected chi connectivity index (χ3v) is 7.83. The number of aromatic nitrogens is 4. The molecule has 0 radical (unpaired) electrons. The minimum atomic E-state index is -0.759. The molecule has 0 spiro atoms. The summed E-state index contributed by atoms with van der Waals surface area (Å²) >= 11 is 0. The number of nitrogens with zero attached hydrogens (tertiary/aromatic N) is 6. The highest BCUT2D eigenvalue weighted by Crippen LogP contribution is 2.31. The van der Waals surface area contributed by atoms with Gasteiger partial charge in [-0.1, -0.05) is 45.0 Å². The fraction of sp³-hybridized carbons (Fsp3) is 0.455. The van der Waals surface area contributed by atoms with Crippen molar-refractivity contribution in [3.63, 3.8) is 0 Å². The van der Waals surface area contributed by atoms with Gasteiger partial charge in [0, 0.05) is 38.4 Å². The zero-order valence-corrected chi connectivity index (χ0v) is 25.9. The minimum absolute atomic E-state index is 0.0436. The summed E-state index contributed by atoms with van der Waals surface area (Å²) in [5.74, 6) is 0.878. The maximum atomic E-state index is 13.6. The Kier molecular flexibility index (Phi) is 8.31. The number of ether oxygens (including phenoxy) is 1. The molecule has 1 saturated heterocycles. The Morgan fingerprint density at radius 1 is 1.02 bits per heavy atom. The van der Waals surface area contributed by atoms with Gasteiger partial charge in [0.05, 0.1) is 17.6 Å². The average molecular weight is 589 g/mol. The van der Waals surface area contributed by atoms with Crippen LogP contribution in [0.25, 0.3) is 11.0 Å². The van der Waals surface area contributed by atoms with Crippen molar-refractivity contribution in [3.8, 4) is 0 Å². The molecule has 10 heteroatoms. The van der Waals surface area contributed by atoms with Crippen LogP contribution in [0.1, 0.15) is 59.4 Å². The number of imidazole rings is 1. The first-order chi connectivity index (χ1) is 20.3. The monoisotopic (exact) mass is 588 g/mol. The van der Waals surface area contributed by atoms with Crippen LogP contribution in [0.2, 0.25) is 0 Å². The van der Waals surface area contributed by atoms with Gasteiger partial charge < -0.3 is 19.1 Å². The molecule has 43 heavy (non-hydrogen) atoms. The molecule has 0 saturated carbocycles. The van der Waals surface area contributed by atoms with E-state index in [1.807, 2.05) is 44.0 Å². The first kappa shape index (κ1) is 30.3. The van der Waals surface area contributed by atoms with E-state index in [4.69, 9.17) is 9.72 Å². The predicted molar refractivity (Wildman–Crippen MR) is 167 cm³/mol. The molecule has 9 nitrogen and oxygen atoms in total. The van der Waals surface area contributed by atoms with E-state index in [-0.39, 0.29) is 23.2 Å². The van der Waals surface area contributed by atoms with Crippen LogP contribution in [0.15, 0.2) is 65.6 Å². The molecule has 0 N–H and O–H groups in total. The molecule has 0 atom stereocenters. The predicted octanol–water partition coefficient (Wildman–Crippen LogP) is 6.09. The summed E-state index contributed by atoms with van der Waals surface area (Å²) in [6.07, 6.45) is 2.89. The van der Waals surface area contributed by atoms with Gasteiger partial charge in [0.25, 0.3) is 5.56 Å². The lowest BCUT2D eigenvalue weighted by Crippen LogP contribution is -2.47. The van der Waals surface area contributed by atoms with Gasteiger partial charge in [-0.2, -0.15) is 4.57 Å². The van der Waals surface area contributed by atoms with E-state index in [1.165, 1.54) is 24.4 Å². The molecular weight excluding hydrogens is 547 g/mol. The molecule has 228 valence electrons. The molecule has 1 aliphatic rings. The molecular formula is C33H41FN6O3. The summed E-state index contributed by atoms with van der Waals surface area (Å²) in [6.45, 7) is 12.0. The number of hydrogen-bond acceptors (Lipinski definition) is 7. The molecule has 0 aliphatic carbocycles. The molecule has 0 bridgehead atoms. The van der Waals surface area contributed by atoms with E-state index in [0.29, 0.717) is 13.0 Å². The summed E-state index contributed by atoms with van der Waals surface area (Å²) in [5.41, 5.74) is 1.63. The smallest absolute Gasteiger partial charge is 0.424 e. The van der Waals surface area contributed by atoms with Crippen LogP contribution < -0.4 is 15.4 Å². The van der Waals surface area contributed by atoms with Crippen molar-refractivity contribution in [1.29, 1.82) is 0 Å². The van der Waals surface area contributed by atoms with Crippen molar-refractivity contribution >= 4 is 29.0 Å². The van der Waals surface area contributed by atoms with Crippen LogP contribution in [0.5, 0.6) is 0 Å². The number of piperidine rings is 1. The van der Waals surface area contributed by atoms with Gasteiger partial charge in [0.2, 0.25) is 11.9 Å². The Morgan fingerprint density at radius 2 is 1.70 bits per heavy atom. The maximum absolute atomic E-state index is 13.6. The molecule has 5 rings (SSSR count). The van der Waals surface area contributed by atoms with Crippen LogP contribution in [0.3, 0.4) is 0 Å². The van der Waals surface area contributed by atoms with Crippen LogP contribution >= 0.6 is 0 Å². The van der Waals surface area contributed by atoms with E-state index < -0.39 is 17.3 Å². The number of carbonyl (C=O) groups is 1. The lowest BCUT2D eigenvalue weighted by atomic mass is 9.84. The minimum Gasteiger partial charge on any atom is -0.443 e. The highest BCUT2D eigenvalue weighted by Gasteiger charge is 2.33. The summed E-state index contributed by atoms with van der Waals surface area (Å²) in [7, 11) is 1.87. The molecule has 0 unspecified atom stereocenters. The SMILES string of the molecule is CN(c1nccc(=O)n1C(=O)OC(C)(C)CC(C)(C)C)C1CCN(c2nc3ccccc3n2Cc2ccc(F)cc2)CC1. The number of para-hydroxylation sites is 2. The van der Waals surface area contributed by atoms with E-state index >= 15 is 0 Å². The third-order valence-electron chi connectivity index (χ3n) is 7.83. The van der Waals surface area contributed by atoms with E-state index in [0.717, 1.165) is 53.0 Å². The van der Waals surface area contributed by atoms with Crippen molar-refractivity contribution in [2.24, 2.45) is 5.41 Å². The lowest BCUT2D eigenvalue weighted by molar-refractivity contribution is 0.0104. The van der Waals surface area contributed by atoms with E-state index in [1.54, 1.807) is 12.1 Å². The van der Waals surface area contributed by atoms with Crippen LogP contribution in [-0.4, -0.2) is 57.0 Å². The Labute approximate surface area is 251 Å². The number of rotatable bonds is 7. The second-order valence-electron chi connectivity index (χ2n) is 13.2. The van der Waals surface area contributed by atoms with Gasteiger partial charge in [0.1, 0.15) is 11.4 Å². The van der Waals surface area contributed by atoms with Crippen molar-refractivity contribution in [2.45, 2.75) is 72.1 Å². The molecule has 0 amide bonds. The standard InChI is InChI=1S/C33H41FN6O3/c1-32(2,3)22-33(4,5)43-31(42)40-28(41)15-18-35-29(40)37(6)25-16-19-38(20-17-25)30-36-26-9-7-8-10-27(26)39(30)21-23-11-13-24(34)14-12-23/h7-15,18,25H,16-17,19-22H2,1-6H3. The van der Waals surface area contributed by atoms with Gasteiger partial charge >= 0.3 is 6.09 Å². The van der Waals surface area contributed by atoms with Gasteiger partial charge in [-0.25, -0.2) is 19.2 Å². The average Bonchev–Trinajstić information content (AvgIpc) is 3.30. The Hall–Kier alpha value is -4.21. The zero-order valence-electron chi connectivity index (χ0n) is 25.9. The van der Waals surface area contributed by atoms with Crippen LogP contribution in [-0.2, 0) is 11.3 Å². The van der Waals surface area contributed by atoms with Crippen molar-refractivity contribution in [2.75, 3.05) is 29.9 Å². The number of hydrogen-bond donors (Lipinski definition) is 0. The second-order valence-corrected chi connectivity index (χ2v) is 13.2. The quantitative estimate of drug-likeness (QED) is 0.259. The molecule has 2 aromatic heterocycles. The van der Waals surface area contributed by atoms with Gasteiger partial charge in [-0.05, 0) is 68.4 Å². The third kappa shape index (κ3) is 6.89. The van der Waals surface area contributed by atoms with Crippen molar-refractivity contribution < 1.29 is 13.9 Å². The highest BCUT2D eigenvalue weighted by atomic mass is 19.1. The Morgan fingerprint density at radius 3 is 2.37 bits per heavy atom. The van der Waals surface area contributed by atoms with Gasteiger partial charge in [0.15, 0.2) is 0 Å². The summed E-state index contributed by atoms with van der Waals surface area (Å²) in [4.78, 5) is 39.9. The molecule has 3 heterocycles. The molecule has 1 fully saturated rings. The highest BCUT2D eigenvalue weighted by molar-refractivity contribution is 5.79. The summed E-state index contributed by atoms with van der Waals surface area (Å²) < 4.78 is 22.6. The molecule has 4 aromatic rings. The molecule has 2 aromatic carbocycles. The van der Waals surface area contributed by atoms with Crippen molar-refractivity contribution in [3.05, 3.63) is 82.5 Å². The fourth-order valence-corrected chi connectivity index (χ4v) is 6.26. The number of benzene rings is 2. The second kappa shape index (κ2) is 11.8. The van der Waals surface area contributed by atoms with Gasteiger partial charge in [-0.3, -0.25) is 4.79 Å². The first-order valence-electron chi connectivity index (χ1n) is 14.8. The first-order valence-corrected chi connectivity index (χ1v) is 14.8.